The van der Waals surface area contributed by atoms with Gasteiger partial charge in [0.25, 0.3) is 0 Å². The third-order valence-electron chi connectivity index (χ3n) is 3.21. The molecule has 0 saturated carbocycles. The fraction of sp³-hybridized carbons (Fsp3) is 0.867. The van der Waals surface area contributed by atoms with Crippen LogP contribution in [0.1, 0.15) is 51.9 Å². The first-order valence-electron chi connectivity index (χ1n) is 7.38. The van der Waals surface area contributed by atoms with Crippen LogP contribution in [0.5, 0.6) is 0 Å². The Hall–Kier alpha value is -0.940. The largest absolute Gasteiger partial charge is 0.481 e. The van der Waals surface area contributed by atoms with E-state index in [1.807, 2.05) is 21.1 Å². The Kier molecular flexibility index (Phi) is 7.98. The Bertz CT molecular complexity index is 322. The van der Waals surface area contributed by atoms with E-state index < -0.39 is 18.0 Å². The molecule has 5 nitrogen and oxygen atoms in total. The molecular formula is C15H30NO4+. The molecule has 118 valence electrons. The van der Waals surface area contributed by atoms with Crippen molar-refractivity contribution in [3.05, 3.63) is 0 Å². The molecule has 0 aromatic heterocycles. The number of nitrogens with zero attached hydrogens (tertiary/aromatic N) is 1. The summed E-state index contributed by atoms with van der Waals surface area (Å²) in [5, 5.41) is 19.4. The van der Waals surface area contributed by atoms with Crippen LogP contribution in [0.15, 0.2) is 0 Å². The number of Topliss-reactive ketones (excluding diaryl/α,β-unsaturated/α-hetero) is 1. The summed E-state index contributed by atoms with van der Waals surface area (Å²) in [5.74, 6) is -1.48. The summed E-state index contributed by atoms with van der Waals surface area (Å²) in [6, 6.07) is 0. The zero-order chi connectivity index (χ0) is 15.8. The number of hydrogen-bond donors (Lipinski definition) is 2. The summed E-state index contributed by atoms with van der Waals surface area (Å²) < 4.78 is 0.353. The van der Waals surface area contributed by atoms with Crippen molar-refractivity contribution in [2.45, 2.75) is 57.5 Å². The van der Waals surface area contributed by atoms with E-state index in [2.05, 4.69) is 6.92 Å². The molecule has 0 aliphatic heterocycles. The molecule has 0 saturated heterocycles. The van der Waals surface area contributed by atoms with Gasteiger partial charge in [-0.25, -0.2) is 0 Å². The lowest BCUT2D eigenvalue weighted by molar-refractivity contribution is -0.875. The molecule has 0 spiro atoms. The van der Waals surface area contributed by atoms with Gasteiger partial charge in [-0.15, -0.1) is 0 Å². The molecule has 0 aliphatic rings. The van der Waals surface area contributed by atoms with Crippen LogP contribution >= 0.6 is 0 Å². The summed E-state index contributed by atoms with van der Waals surface area (Å²) >= 11 is 0. The van der Waals surface area contributed by atoms with Gasteiger partial charge in [0.05, 0.1) is 27.6 Å². The van der Waals surface area contributed by atoms with E-state index in [9.17, 15) is 14.7 Å². The number of quaternary nitrogens is 1. The number of aliphatic carboxylic acids is 1. The number of unbranched alkanes of at least 4 members (excludes halogenated alkanes) is 4. The second-order valence-electron chi connectivity index (χ2n) is 6.64. The van der Waals surface area contributed by atoms with Gasteiger partial charge in [-0.2, -0.15) is 0 Å². The molecule has 0 aromatic rings. The zero-order valence-corrected chi connectivity index (χ0v) is 13.3. The topological polar surface area (TPSA) is 74.6 Å². The second kappa shape index (κ2) is 8.37. The summed E-state index contributed by atoms with van der Waals surface area (Å²) in [4.78, 5) is 23.1. The molecule has 1 unspecified atom stereocenters. The molecule has 0 heterocycles. The number of carbonyl (C=O) groups excluding carboxylic acids is 1. The minimum absolute atomic E-state index is 0.118. The van der Waals surface area contributed by atoms with Crippen LogP contribution in [-0.4, -0.2) is 59.7 Å². The number of rotatable bonds is 11. The number of hydrogen-bond acceptors (Lipinski definition) is 3. The van der Waals surface area contributed by atoms with Crippen LogP contribution in [-0.2, 0) is 9.59 Å². The highest BCUT2D eigenvalue weighted by Crippen LogP contribution is 2.19. The molecule has 20 heavy (non-hydrogen) atoms. The minimum Gasteiger partial charge on any atom is -0.481 e. The zero-order valence-electron chi connectivity index (χ0n) is 13.3. The molecule has 0 fully saturated rings. The molecule has 2 N–H and O–H groups in total. The van der Waals surface area contributed by atoms with Crippen LogP contribution in [0.4, 0.5) is 0 Å². The maximum Gasteiger partial charge on any atom is 0.306 e. The van der Waals surface area contributed by atoms with Gasteiger partial charge in [0.1, 0.15) is 6.54 Å². The van der Waals surface area contributed by atoms with Gasteiger partial charge in [-0.3, -0.25) is 9.59 Å². The molecule has 0 bridgehead atoms. The van der Waals surface area contributed by atoms with Gasteiger partial charge in [0, 0.05) is 6.42 Å². The first-order chi connectivity index (χ1) is 9.10. The van der Waals surface area contributed by atoms with Crippen LogP contribution in [0, 0.1) is 0 Å². The average molecular weight is 288 g/mol. The van der Waals surface area contributed by atoms with Crippen LogP contribution in [0.25, 0.3) is 0 Å². The predicted octanol–water partition coefficient (Wildman–Crippen LogP) is 1.83. The highest BCUT2D eigenvalue weighted by Gasteiger charge is 2.42. The van der Waals surface area contributed by atoms with E-state index in [-0.39, 0.29) is 18.7 Å². The molecule has 0 aliphatic carbocycles. The van der Waals surface area contributed by atoms with Crippen molar-refractivity contribution in [1.29, 1.82) is 0 Å². The SMILES string of the molecule is CCCCCCCC(=O)C(O)(CC(=O)O)C[N+](C)(C)C. The molecular weight excluding hydrogens is 258 g/mol. The normalized spacial score (nSPS) is 14.8. The van der Waals surface area contributed by atoms with Gasteiger partial charge in [0.15, 0.2) is 11.4 Å². The Balaban J connectivity index is 4.53. The maximum atomic E-state index is 12.2. The minimum atomic E-state index is -1.76. The van der Waals surface area contributed by atoms with E-state index in [1.165, 1.54) is 0 Å². The van der Waals surface area contributed by atoms with Gasteiger partial charge >= 0.3 is 5.97 Å². The van der Waals surface area contributed by atoms with Gasteiger partial charge in [-0.05, 0) is 6.42 Å². The molecule has 5 heteroatoms. The summed E-state index contributed by atoms with van der Waals surface area (Å²) in [5.41, 5.74) is -1.76. The summed E-state index contributed by atoms with van der Waals surface area (Å²) in [6.45, 7) is 2.24. The van der Waals surface area contributed by atoms with E-state index in [4.69, 9.17) is 5.11 Å². The average Bonchev–Trinajstić information content (AvgIpc) is 2.24. The lowest BCUT2D eigenvalue weighted by atomic mass is 9.89. The molecule has 0 amide bonds. The fourth-order valence-electron chi connectivity index (χ4n) is 2.40. The van der Waals surface area contributed by atoms with Crippen molar-refractivity contribution >= 4 is 11.8 Å². The number of carbonyl (C=O) groups is 2. The van der Waals surface area contributed by atoms with Crippen molar-refractivity contribution in [2.24, 2.45) is 0 Å². The maximum absolute atomic E-state index is 12.2. The summed E-state index contributed by atoms with van der Waals surface area (Å²) in [6.07, 6.45) is 4.77. The van der Waals surface area contributed by atoms with Crippen molar-refractivity contribution < 1.29 is 24.3 Å². The highest BCUT2D eigenvalue weighted by molar-refractivity contribution is 5.90. The Morgan fingerprint density at radius 2 is 1.60 bits per heavy atom. The van der Waals surface area contributed by atoms with Crippen LogP contribution < -0.4 is 0 Å². The first-order valence-corrected chi connectivity index (χ1v) is 7.38. The molecule has 0 aromatic carbocycles. The van der Waals surface area contributed by atoms with Crippen molar-refractivity contribution in [3.8, 4) is 0 Å². The smallest absolute Gasteiger partial charge is 0.306 e. The Morgan fingerprint density at radius 1 is 1.05 bits per heavy atom. The standard InChI is InChI=1S/C15H29NO4/c1-5-6-7-8-9-10-13(17)15(20,11-14(18)19)12-16(2,3)4/h20H,5-12H2,1-4H3/p+1. The van der Waals surface area contributed by atoms with Crippen molar-refractivity contribution in [3.63, 3.8) is 0 Å². The quantitative estimate of drug-likeness (QED) is 0.449. The number of ketones is 1. The second-order valence-corrected chi connectivity index (χ2v) is 6.64. The lowest BCUT2D eigenvalue weighted by Crippen LogP contribution is -2.54. The molecule has 1 atom stereocenters. The Morgan fingerprint density at radius 3 is 2.05 bits per heavy atom. The summed E-state index contributed by atoms with van der Waals surface area (Å²) in [7, 11) is 5.50. The van der Waals surface area contributed by atoms with Crippen molar-refractivity contribution in [2.75, 3.05) is 27.7 Å². The molecule has 0 rings (SSSR count). The van der Waals surface area contributed by atoms with Crippen LogP contribution in [0.3, 0.4) is 0 Å². The van der Waals surface area contributed by atoms with Gasteiger partial charge in [0.2, 0.25) is 0 Å². The van der Waals surface area contributed by atoms with Gasteiger partial charge < -0.3 is 14.7 Å². The molecule has 0 radical (unpaired) electrons. The predicted molar refractivity (Wildman–Crippen MR) is 78.5 cm³/mol. The number of aliphatic hydroxyl groups is 1. The van der Waals surface area contributed by atoms with Gasteiger partial charge in [-0.1, -0.05) is 32.6 Å². The Labute approximate surface area is 122 Å². The first kappa shape index (κ1) is 19.1. The third kappa shape index (κ3) is 8.27. The van der Waals surface area contributed by atoms with E-state index in [0.717, 1.165) is 32.1 Å². The number of likely N-dealkylation sites (N-methyl/N-ethyl adjacent to an activating group) is 1. The highest BCUT2D eigenvalue weighted by atomic mass is 16.4. The van der Waals surface area contributed by atoms with E-state index in [1.54, 1.807) is 0 Å². The van der Waals surface area contributed by atoms with Crippen molar-refractivity contribution in [1.82, 2.24) is 0 Å². The lowest BCUT2D eigenvalue weighted by Gasteiger charge is -2.33. The third-order valence-corrected chi connectivity index (χ3v) is 3.21. The van der Waals surface area contributed by atoms with E-state index in [0.29, 0.717) is 4.48 Å². The van der Waals surface area contributed by atoms with E-state index >= 15 is 0 Å². The number of carboxylic acid groups (broad SMARTS) is 1. The van der Waals surface area contributed by atoms with Crippen LogP contribution in [0.2, 0.25) is 0 Å². The fourth-order valence-corrected chi connectivity index (χ4v) is 2.40. The monoisotopic (exact) mass is 288 g/mol. The number of carboxylic acids is 1.